The highest BCUT2D eigenvalue weighted by atomic mass is 15.0. The first-order valence-electron chi connectivity index (χ1n) is 4.64. The molecule has 1 atom stereocenters. The Morgan fingerprint density at radius 2 is 1.50 bits per heavy atom. The summed E-state index contributed by atoms with van der Waals surface area (Å²) in [6.07, 6.45) is 0. The van der Waals surface area contributed by atoms with Gasteiger partial charge < -0.3 is 11.1 Å². The predicted octanol–water partition coefficient (Wildman–Crippen LogP) is 1.75. The second kappa shape index (κ2) is 3.75. The van der Waals surface area contributed by atoms with E-state index in [1.807, 2.05) is 0 Å². The maximum Gasteiger partial charge on any atom is 0.0243 e. The van der Waals surface area contributed by atoms with Crippen LogP contribution in [0.2, 0.25) is 0 Å². The van der Waals surface area contributed by atoms with E-state index in [4.69, 9.17) is 5.73 Å². The highest BCUT2D eigenvalue weighted by molar-refractivity contribution is 4.86. The summed E-state index contributed by atoms with van der Waals surface area (Å²) < 4.78 is 0. The predicted molar refractivity (Wildman–Crippen MR) is 55.2 cm³/mol. The average molecular weight is 172 g/mol. The molecule has 0 radical (unpaired) electrons. The van der Waals surface area contributed by atoms with Crippen molar-refractivity contribution in [3.63, 3.8) is 0 Å². The van der Waals surface area contributed by atoms with Crippen molar-refractivity contribution in [1.82, 2.24) is 5.32 Å². The van der Waals surface area contributed by atoms with Gasteiger partial charge in [0.15, 0.2) is 0 Å². The van der Waals surface area contributed by atoms with Crippen molar-refractivity contribution in [1.29, 1.82) is 0 Å². The molecule has 0 amide bonds. The van der Waals surface area contributed by atoms with Crippen LogP contribution in [0.15, 0.2) is 0 Å². The summed E-state index contributed by atoms with van der Waals surface area (Å²) in [4.78, 5) is 0. The molecule has 0 aromatic carbocycles. The first-order valence-corrected chi connectivity index (χ1v) is 4.64. The van der Waals surface area contributed by atoms with Crippen LogP contribution in [0.3, 0.4) is 0 Å². The van der Waals surface area contributed by atoms with E-state index in [9.17, 15) is 0 Å². The fourth-order valence-corrected chi connectivity index (χ4v) is 1.15. The summed E-state index contributed by atoms with van der Waals surface area (Å²) in [5.74, 6) is 0. The van der Waals surface area contributed by atoms with Gasteiger partial charge >= 0.3 is 0 Å². The topological polar surface area (TPSA) is 38.0 Å². The van der Waals surface area contributed by atoms with Crippen LogP contribution in [0, 0.1) is 5.41 Å². The molecule has 0 aliphatic carbocycles. The standard InChI is InChI=1S/C10H24N2/c1-9(2,3)8(7-11)12-10(4,5)6/h8,12H,7,11H2,1-6H3. The molecule has 1 unspecified atom stereocenters. The highest BCUT2D eigenvalue weighted by Crippen LogP contribution is 2.20. The lowest BCUT2D eigenvalue weighted by Crippen LogP contribution is -2.53. The number of nitrogens with two attached hydrogens (primary N) is 1. The lowest BCUT2D eigenvalue weighted by molar-refractivity contribution is 0.224. The molecule has 12 heavy (non-hydrogen) atoms. The van der Waals surface area contributed by atoms with Gasteiger partial charge in [-0.05, 0) is 26.2 Å². The number of rotatable bonds is 2. The van der Waals surface area contributed by atoms with Crippen LogP contribution >= 0.6 is 0 Å². The minimum atomic E-state index is 0.150. The summed E-state index contributed by atoms with van der Waals surface area (Å²) in [6, 6.07) is 0.387. The molecule has 0 spiro atoms. The Balaban J connectivity index is 4.20. The third-order valence-corrected chi connectivity index (χ3v) is 1.89. The lowest BCUT2D eigenvalue weighted by atomic mass is 9.85. The van der Waals surface area contributed by atoms with Gasteiger partial charge in [-0.1, -0.05) is 20.8 Å². The molecule has 2 heteroatoms. The highest BCUT2D eigenvalue weighted by Gasteiger charge is 2.26. The summed E-state index contributed by atoms with van der Waals surface area (Å²) in [6.45, 7) is 13.8. The summed E-state index contributed by atoms with van der Waals surface area (Å²) in [5, 5.41) is 3.52. The molecule has 0 aromatic rings. The van der Waals surface area contributed by atoms with Gasteiger partial charge in [-0.25, -0.2) is 0 Å². The van der Waals surface area contributed by atoms with E-state index < -0.39 is 0 Å². The van der Waals surface area contributed by atoms with Gasteiger partial charge in [0.05, 0.1) is 0 Å². The lowest BCUT2D eigenvalue weighted by Gasteiger charge is -2.36. The number of nitrogens with one attached hydrogen (secondary N) is 1. The molecule has 0 saturated carbocycles. The van der Waals surface area contributed by atoms with Gasteiger partial charge in [0.1, 0.15) is 0 Å². The minimum Gasteiger partial charge on any atom is -0.329 e. The van der Waals surface area contributed by atoms with Crippen molar-refractivity contribution in [2.24, 2.45) is 11.1 Å². The maximum absolute atomic E-state index is 5.70. The molecule has 74 valence electrons. The van der Waals surface area contributed by atoms with Gasteiger partial charge in [0.2, 0.25) is 0 Å². The quantitative estimate of drug-likeness (QED) is 0.666. The molecule has 0 bridgehead atoms. The molecule has 2 nitrogen and oxygen atoms in total. The van der Waals surface area contributed by atoms with Crippen molar-refractivity contribution in [2.75, 3.05) is 6.54 Å². The fourth-order valence-electron chi connectivity index (χ4n) is 1.15. The van der Waals surface area contributed by atoms with Gasteiger partial charge in [0, 0.05) is 18.1 Å². The maximum atomic E-state index is 5.70. The minimum absolute atomic E-state index is 0.150. The molecule has 0 fully saturated rings. The average Bonchev–Trinajstić information content (AvgIpc) is 1.78. The Hall–Kier alpha value is -0.0800. The zero-order valence-electron chi connectivity index (χ0n) is 9.36. The molecular formula is C10H24N2. The van der Waals surface area contributed by atoms with E-state index in [1.165, 1.54) is 0 Å². The van der Waals surface area contributed by atoms with Crippen molar-refractivity contribution in [3.05, 3.63) is 0 Å². The third kappa shape index (κ3) is 4.73. The molecular weight excluding hydrogens is 148 g/mol. The molecule has 0 saturated heterocycles. The van der Waals surface area contributed by atoms with Crippen LogP contribution in [0.1, 0.15) is 41.5 Å². The van der Waals surface area contributed by atoms with Gasteiger partial charge in [-0.2, -0.15) is 0 Å². The first kappa shape index (κ1) is 11.9. The van der Waals surface area contributed by atoms with E-state index in [1.54, 1.807) is 0 Å². The van der Waals surface area contributed by atoms with Gasteiger partial charge in [-0.3, -0.25) is 0 Å². The van der Waals surface area contributed by atoms with E-state index in [2.05, 4.69) is 46.9 Å². The summed E-state index contributed by atoms with van der Waals surface area (Å²) >= 11 is 0. The zero-order valence-corrected chi connectivity index (χ0v) is 9.36. The monoisotopic (exact) mass is 172 g/mol. The Bertz CT molecular complexity index is 128. The van der Waals surface area contributed by atoms with Crippen LogP contribution in [-0.4, -0.2) is 18.1 Å². The number of hydrogen-bond donors (Lipinski definition) is 2. The van der Waals surface area contributed by atoms with Crippen molar-refractivity contribution in [3.8, 4) is 0 Å². The SMILES string of the molecule is CC(C)(C)NC(CN)C(C)(C)C. The van der Waals surface area contributed by atoms with Crippen molar-refractivity contribution in [2.45, 2.75) is 53.1 Å². The van der Waals surface area contributed by atoms with E-state index in [0.717, 1.165) is 0 Å². The van der Waals surface area contributed by atoms with Gasteiger partial charge in [-0.15, -0.1) is 0 Å². The third-order valence-electron chi connectivity index (χ3n) is 1.89. The van der Waals surface area contributed by atoms with Crippen LogP contribution in [0.5, 0.6) is 0 Å². The molecule has 0 heterocycles. The zero-order chi connectivity index (χ0) is 9.99. The van der Waals surface area contributed by atoms with Crippen LogP contribution in [0.4, 0.5) is 0 Å². The van der Waals surface area contributed by atoms with Crippen LogP contribution < -0.4 is 11.1 Å². The molecule has 0 aliphatic heterocycles. The first-order chi connectivity index (χ1) is 5.17. The molecule has 0 aromatic heterocycles. The smallest absolute Gasteiger partial charge is 0.0243 e. The van der Waals surface area contributed by atoms with Crippen LogP contribution in [0.25, 0.3) is 0 Å². The summed E-state index contributed by atoms with van der Waals surface area (Å²) in [7, 11) is 0. The van der Waals surface area contributed by atoms with Crippen molar-refractivity contribution >= 4 is 0 Å². The largest absolute Gasteiger partial charge is 0.329 e. The van der Waals surface area contributed by atoms with E-state index in [-0.39, 0.29) is 11.0 Å². The second-order valence-corrected chi connectivity index (χ2v) is 5.55. The fraction of sp³-hybridized carbons (Fsp3) is 1.00. The summed E-state index contributed by atoms with van der Waals surface area (Å²) in [5.41, 5.74) is 6.09. The Kier molecular flexibility index (Phi) is 3.73. The van der Waals surface area contributed by atoms with Gasteiger partial charge in [0.25, 0.3) is 0 Å². The normalized spacial score (nSPS) is 16.2. The van der Waals surface area contributed by atoms with E-state index >= 15 is 0 Å². The second-order valence-electron chi connectivity index (χ2n) is 5.55. The Morgan fingerprint density at radius 3 is 1.58 bits per heavy atom. The van der Waals surface area contributed by atoms with E-state index in [0.29, 0.717) is 12.6 Å². The van der Waals surface area contributed by atoms with Crippen molar-refractivity contribution < 1.29 is 0 Å². The Morgan fingerprint density at radius 1 is 1.08 bits per heavy atom. The number of hydrogen-bond acceptors (Lipinski definition) is 2. The Labute approximate surface area is 76.9 Å². The molecule has 0 aliphatic rings. The van der Waals surface area contributed by atoms with Crippen LogP contribution in [-0.2, 0) is 0 Å². The molecule has 0 rings (SSSR count). The molecule has 3 N–H and O–H groups in total.